The zero-order chi connectivity index (χ0) is 15.1. The van der Waals surface area contributed by atoms with Crippen LogP contribution in [0.1, 0.15) is 24.0 Å². The third-order valence-electron chi connectivity index (χ3n) is 3.72. The van der Waals surface area contributed by atoms with E-state index in [4.69, 9.17) is 14.6 Å². The van der Waals surface area contributed by atoms with Crippen LogP contribution in [0.4, 0.5) is 0 Å². The maximum Gasteiger partial charge on any atom is 0.119 e. The van der Waals surface area contributed by atoms with Gasteiger partial charge < -0.3 is 14.6 Å². The minimum absolute atomic E-state index is 0.0950. The standard InChI is InChI=1S/C17H23NO3/c1-18(16-8-10-21-13-16)12-15-11-17(20-2)7-6-14(15)5-3-4-9-19/h6-7,11,16,19H,4,8-10,12-13H2,1-2H3. The van der Waals surface area contributed by atoms with Gasteiger partial charge in [-0.05, 0) is 37.2 Å². The summed E-state index contributed by atoms with van der Waals surface area (Å²) < 4.78 is 10.8. The van der Waals surface area contributed by atoms with E-state index in [1.54, 1.807) is 7.11 Å². The predicted molar refractivity (Wildman–Crippen MR) is 82.3 cm³/mol. The molecule has 0 radical (unpaired) electrons. The summed E-state index contributed by atoms with van der Waals surface area (Å²) in [5.74, 6) is 6.97. The Morgan fingerprint density at radius 3 is 3.00 bits per heavy atom. The number of aliphatic hydroxyl groups is 1. The number of hydrogen-bond acceptors (Lipinski definition) is 4. The van der Waals surface area contributed by atoms with Crippen LogP contribution in [0.25, 0.3) is 0 Å². The van der Waals surface area contributed by atoms with Crippen molar-refractivity contribution in [3.05, 3.63) is 29.3 Å². The number of ether oxygens (including phenoxy) is 2. The second kappa shape index (κ2) is 8.04. The van der Waals surface area contributed by atoms with Crippen LogP contribution in [0, 0.1) is 11.8 Å². The number of likely N-dealkylation sites (N-methyl/N-ethyl adjacent to an activating group) is 1. The Morgan fingerprint density at radius 2 is 2.33 bits per heavy atom. The van der Waals surface area contributed by atoms with Gasteiger partial charge in [-0.2, -0.15) is 0 Å². The van der Waals surface area contributed by atoms with Gasteiger partial charge >= 0.3 is 0 Å². The largest absolute Gasteiger partial charge is 0.497 e. The minimum atomic E-state index is 0.0950. The van der Waals surface area contributed by atoms with Crippen LogP contribution in [0.5, 0.6) is 5.75 Å². The number of methoxy groups -OCH3 is 1. The van der Waals surface area contributed by atoms with Crippen LogP contribution < -0.4 is 4.74 Å². The maximum absolute atomic E-state index is 8.84. The van der Waals surface area contributed by atoms with Gasteiger partial charge in [0, 0.05) is 31.2 Å². The molecule has 1 atom stereocenters. The maximum atomic E-state index is 8.84. The molecule has 0 aromatic heterocycles. The summed E-state index contributed by atoms with van der Waals surface area (Å²) in [4.78, 5) is 2.30. The molecule has 1 aliphatic rings. The summed E-state index contributed by atoms with van der Waals surface area (Å²) in [5.41, 5.74) is 2.14. The summed E-state index contributed by atoms with van der Waals surface area (Å²) in [7, 11) is 3.79. The Morgan fingerprint density at radius 1 is 1.48 bits per heavy atom. The van der Waals surface area contributed by atoms with E-state index < -0.39 is 0 Å². The summed E-state index contributed by atoms with van der Waals surface area (Å²) in [5, 5.41) is 8.84. The van der Waals surface area contributed by atoms with E-state index >= 15 is 0 Å². The molecule has 0 amide bonds. The van der Waals surface area contributed by atoms with Gasteiger partial charge in [-0.1, -0.05) is 11.8 Å². The van der Waals surface area contributed by atoms with Gasteiger partial charge in [0.1, 0.15) is 5.75 Å². The zero-order valence-corrected chi connectivity index (χ0v) is 12.8. The Kier molecular flexibility index (Phi) is 6.06. The van der Waals surface area contributed by atoms with E-state index in [0.29, 0.717) is 12.5 Å². The smallest absolute Gasteiger partial charge is 0.119 e. The lowest BCUT2D eigenvalue weighted by atomic mass is 10.1. The van der Waals surface area contributed by atoms with Gasteiger partial charge in [-0.3, -0.25) is 4.90 Å². The third kappa shape index (κ3) is 4.47. The van der Waals surface area contributed by atoms with E-state index in [-0.39, 0.29) is 6.61 Å². The van der Waals surface area contributed by atoms with Crippen LogP contribution in [0.15, 0.2) is 18.2 Å². The van der Waals surface area contributed by atoms with Crippen LogP contribution in [0.3, 0.4) is 0 Å². The molecule has 1 aromatic rings. The average Bonchev–Trinajstić information content (AvgIpc) is 3.03. The molecule has 1 unspecified atom stereocenters. The molecule has 4 nitrogen and oxygen atoms in total. The van der Waals surface area contributed by atoms with Gasteiger partial charge in [0.05, 0.1) is 20.3 Å². The fraction of sp³-hybridized carbons (Fsp3) is 0.529. The molecule has 1 aromatic carbocycles. The molecule has 114 valence electrons. The number of aliphatic hydroxyl groups excluding tert-OH is 1. The SMILES string of the molecule is COc1ccc(C#CCCO)c(CN(C)C2CCOC2)c1. The first-order valence-electron chi connectivity index (χ1n) is 7.29. The lowest BCUT2D eigenvalue weighted by Crippen LogP contribution is -2.31. The van der Waals surface area contributed by atoms with Gasteiger partial charge in [0.25, 0.3) is 0 Å². The lowest BCUT2D eigenvalue weighted by Gasteiger charge is -2.23. The fourth-order valence-corrected chi connectivity index (χ4v) is 2.43. The van der Waals surface area contributed by atoms with Crippen molar-refractivity contribution in [2.24, 2.45) is 0 Å². The fourth-order valence-electron chi connectivity index (χ4n) is 2.43. The molecule has 1 saturated heterocycles. The van der Waals surface area contributed by atoms with Crippen LogP contribution in [-0.2, 0) is 11.3 Å². The number of benzene rings is 1. The molecule has 4 heteroatoms. The van der Waals surface area contributed by atoms with Gasteiger partial charge in [-0.15, -0.1) is 0 Å². The highest BCUT2D eigenvalue weighted by molar-refractivity contribution is 5.45. The first-order valence-corrected chi connectivity index (χ1v) is 7.29. The van der Waals surface area contributed by atoms with Crippen LogP contribution >= 0.6 is 0 Å². The topological polar surface area (TPSA) is 41.9 Å². The van der Waals surface area contributed by atoms with Crippen LogP contribution in [-0.4, -0.2) is 50.0 Å². The van der Waals surface area contributed by atoms with Crippen molar-refractivity contribution in [2.45, 2.75) is 25.4 Å². The summed E-state index contributed by atoms with van der Waals surface area (Å²) >= 11 is 0. The number of rotatable bonds is 5. The lowest BCUT2D eigenvalue weighted by molar-refractivity contribution is 0.156. The number of hydrogen-bond donors (Lipinski definition) is 1. The van der Waals surface area contributed by atoms with E-state index in [9.17, 15) is 0 Å². The van der Waals surface area contributed by atoms with Crippen molar-refractivity contribution in [1.29, 1.82) is 0 Å². The molecule has 1 fully saturated rings. The quantitative estimate of drug-likeness (QED) is 0.837. The first kappa shape index (κ1) is 15.8. The Labute approximate surface area is 126 Å². The van der Waals surface area contributed by atoms with Crippen molar-refractivity contribution in [1.82, 2.24) is 4.90 Å². The Bertz CT molecular complexity index is 513. The number of nitrogens with zero attached hydrogens (tertiary/aromatic N) is 1. The van der Waals surface area contributed by atoms with Crippen molar-refractivity contribution < 1.29 is 14.6 Å². The molecule has 2 rings (SSSR count). The summed E-state index contributed by atoms with van der Waals surface area (Å²) in [6.45, 7) is 2.55. The second-order valence-corrected chi connectivity index (χ2v) is 5.23. The third-order valence-corrected chi connectivity index (χ3v) is 3.72. The summed E-state index contributed by atoms with van der Waals surface area (Å²) in [6, 6.07) is 6.41. The Balaban J connectivity index is 2.16. The highest BCUT2D eigenvalue weighted by atomic mass is 16.5. The van der Waals surface area contributed by atoms with E-state index in [0.717, 1.165) is 43.1 Å². The summed E-state index contributed by atoms with van der Waals surface area (Å²) in [6.07, 6.45) is 1.57. The van der Waals surface area contributed by atoms with E-state index in [1.807, 2.05) is 18.2 Å². The van der Waals surface area contributed by atoms with E-state index in [2.05, 4.69) is 23.8 Å². The molecule has 0 spiro atoms. The molecule has 1 heterocycles. The van der Waals surface area contributed by atoms with E-state index in [1.165, 1.54) is 0 Å². The average molecular weight is 289 g/mol. The van der Waals surface area contributed by atoms with Crippen molar-refractivity contribution in [3.8, 4) is 17.6 Å². The van der Waals surface area contributed by atoms with Crippen molar-refractivity contribution >= 4 is 0 Å². The van der Waals surface area contributed by atoms with Crippen molar-refractivity contribution in [3.63, 3.8) is 0 Å². The zero-order valence-electron chi connectivity index (χ0n) is 12.8. The Hall–Kier alpha value is -1.54. The monoisotopic (exact) mass is 289 g/mol. The van der Waals surface area contributed by atoms with Crippen molar-refractivity contribution in [2.75, 3.05) is 34.0 Å². The molecule has 1 aliphatic heterocycles. The highest BCUT2D eigenvalue weighted by Gasteiger charge is 2.20. The minimum Gasteiger partial charge on any atom is -0.497 e. The molecule has 21 heavy (non-hydrogen) atoms. The molecule has 0 aliphatic carbocycles. The normalized spacial score (nSPS) is 17.6. The highest BCUT2D eigenvalue weighted by Crippen LogP contribution is 2.21. The molecular formula is C17H23NO3. The molecule has 0 bridgehead atoms. The second-order valence-electron chi connectivity index (χ2n) is 5.23. The van der Waals surface area contributed by atoms with Gasteiger partial charge in [0.15, 0.2) is 0 Å². The molecule has 1 N–H and O–H groups in total. The molecular weight excluding hydrogens is 266 g/mol. The molecule has 0 saturated carbocycles. The van der Waals surface area contributed by atoms with Gasteiger partial charge in [0.2, 0.25) is 0 Å². The first-order chi connectivity index (χ1) is 10.2. The van der Waals surface area contributed by atoms with Crippen LogP contribution in [0.2, 0.25) is 0 Å². The predicted octanol–water partition coefficient (Wildman–Crippen LogP) is 1.65. The van der Waals surface area contributed by atoms with Gasteiger partial charge in [-0.25, -0.2) is 0 Å².